The van der Waals surface area contributed by atoms with Gasteiger partial charge >= 0.3 is 11.9 Å². The van der Waals surface area contributed by atoms with E-state index in [0.29, 0.717) is 24.3 Å². The molecule has 6 nitrogen and oxygen atoms in total. The zero-order chi connectivity index (χ0) is 18.7. The number of hydrogen-bond acceptors (Lipinski definition) is 5. The van der Waals surface area contributed by atoms with Crippen molar-refractivity contribution in [2.45, 2.75) is 26.4 Å². The van der Waals surface area contributed by atoms with Gasteiger partial charge in [0.25, 0.3) is 0 Å². The molecule has 3 rings (SSSR count). The lowest BCUT2D eigenvalue weighted by atomic mass is 10.1. The molecule has 0 amide bonds. The average molecular weight is 355 g/mol. The standard InChI is InChI=1S/C20H21NO5/c1-4-17(19(22)24-3)26-13-9-10-14-16(12-13)21-11-7-6-8-15(21)18(14)20(23)25-5-2/h6-12,17H,4-5H2,1-3H3. The summed E-state index contributed by atoms with van der Waals surface area (Å²) < 4.78 is 17.7. The summed E-state index contributed by atoms with van der Waals surface area (Å²) in [5.74, 6) is -0.242. The third kappa shape index (κ3) is 3.10. The van der Waals surface area contributed by atoms with Crippen molar-refractivity contribution in [1.82, 2.24) is 4.40 Å². The molecule has 136 valence electrons. The Morgan fingerprint density at radius 1 is 1.12 bits per heavy atom. The highest BCUT2D eigenvalue weighted by molar-refractivity contribution is 6.11. The van der Waals surface area contributed by atoms with Gasteiger partial charge in [-0.2, -0.15) is 0 Å². The van der Waals surface area contributed by atoms with Crippen LogP contribution in [0.1, 0.15) is 30.6 Å². The van der Waals surface area contributed by atoms with Crippen LogP contribution < -0.4 is 4.74 Å². The lowest BCUT2D eigenvalue weighted by molar-refractivity contribution is -0.148. The van der Waals surface area contributed by atoms with Gasteiger partial charge in [0.2, 0.25) is 0 Å². The maximum Gasteiger partial charge on any atom is 0.347 e. The van der Waals surface area contributed by atoms with Crippen molar-refractivity contribution < 1.29 is 23.8 Å². The number of carbonyl (C=O) groups excluding carboxylic acids is 2. The summed E-state index contributed by atoms with van der Waals surface area (Å²) in [7, 11) is 1.34. The largest absolute Gasteiger partial charge is 0.479 e. The molecule has 26 heavy (non-hydrogen) atoms. The van der Waals surface area contributed by atoms with E-state index in [-0.39, 0.29) is 5.97 Å². The third-order valence-corrected chi connectivity index (χ3v) is 4.21. The predicted molar refractivity (Wildman–Crippen MR) is 97.6 cm³/mol. The van der Waals surface area contributed by atoms with Crippen LogP contribution in [0.25, 0.3) is 16.4 Å². The number of rotatable bonds is 6. The fraction of sp³-hybridized carbons (Fsp3) is 0.300. The first kappa shape index (κ1) is 17.8. The fourth-order valence-electron chi connectivity index (χ4n) is 3.00. The van der Waals surface area contributed by atoms with Gasteiger partial charge in [-0.15, -0.1) is 0 Å². The van der Waals surface area contributed by atoms with E-state index >= 15 is 0 Å². The van der Waals surface area contributed by atoms with Crippen molar-refractivity contribution in [3.8, 4) is 5.75 Å². The minimum Gasteiger partial charge on any atom is -0.479 e. The number of esters is 2. The monoisotopic (exact) mass is 355 g/mol. The average Bonchev–Trinajstić information content (AvgIpc) is 2.99. The summed E-state index contributed by atoms with van der Waals surface area (Å²) in [6.45, 7) is 3.94. The molecule has 0 saturated carbocycles. The van der Waals surface area contributed by atoms with Crippen LogP contribution in [0.2, 0.25) is 0 Å². The van der Waals surface area contributed by atoms with Crippen LogP contribution in [0.5, 0.6) is 5.75 Å². The fourth-order valence-corrected chi connectivity index (χ4v) is 3.00. The van der Waals surface area contributed by atoms with Crippen molar-refractivity contribution in [2.75, 3.05) is 13.7 Å². The smallest absolute Gasteiger partial charge is 0.347 e. The van der Waals surface area contributed by atoms with Crippen LogP contribution >= 0.6 is 0 Å². The molecule has 2 heterocycles. The van der Waals surface area contributed by atoms with Crippen molar-refractivity contribution in [3.63, 3.8) is 0 Å². The molecular weight excluding hydrogens is 334 g/mol. The number of fused-ring (bicyclic) bond motifs is 3. The van der Waals surface area contributed by atoms with Crippen LogP contribution in [0, 0.1) is 0 Å². The Bertz CT molecular complexity index is 959. The highest BCUT2D eigenvalue weighted by Crippen LogP contribution is 2.30. The van der Waals surface area contributed by atoms with Crippen molar-refractivity contribution in [3.05, 3.63) is 48.2 Å². The lowest BCUT2D eigenvalue weighted by Crippen LogP contribution is -2.27. The van der Waals surface area contributed by atoms with Crippen molar-refractivity contribution in [2.24, 2.45) is 0 Å². The van der Waals surface area contributed by atoms with E-state index < -0.39 is 12.1 Å². The summed E-state index contributed by atoms with van der Waals surface area (Å²) in [5, 5.41) is 0.771. The SMILES string of the molecule is CCOC(=O)c1c2ccc(OC(CC)C(=O)OC)cc2n2ccccc12. The Morgan fingerprint density at radius 2 is 1.92 bits per heavy atom. The van der Waals surface area contributed by atoms with Crippen molar-refractivity contribution in [1.29, 1.82) is 0 Å². The first-order valence-corrected chi connectivity index (χ1v) is 8.55. The molecule has 0 fully saturated rings. The maximum atomic E-state index is 12.4. The normalized spacial score (nSPS) is 12.1. The predicted octanol–water partition coefficient (Wildman–Crippen LogP) is 3.60. The Balaban J connectivity index is 2.11. The second-order valence-electron chi connectivity index (χ2n) is 5.77. The zero-order valence-corrected chi connectivity index (χ0v) is 15.0. The molecule has 1 unspecified atom stereocenters. The molecule has 0 spiro atoms. The van der Waals surface area contributed by atoms with Gasteiger partial charge in [-0.3, -0.25) is 0 Å². The van der Waals surface area contributed by atoms with Crippen LogP contribution in [-0.2, 0) is 14.3 Å². The van der Waals surface area contributed by atoms with Gasteiger partial charge in [0, 0.05) is 17.6 Å². The molecule has 0 aliphatic carbocycles. The van der Waals surface area contributed by atoms with Gasteiger partial charge in [-0.25, -0.2) is 9.59 Å². The summed E-state index contributed by atoms with van der Waals surface area (Å²) >= 11 is 0. The number of aromatic nitrogens is 1. The molecule has 0 aliphatic heterocycles. The number of nitrogens with zero attached hydrogens (tertiary/aromatic N) is 1. The van der Waals surface area contributed by atoms with Gasteiger partial charge in [-0.1, -0.05) is 13.0 Å². The first-order chi connectivity index (χ1) is 12.6. The summed E-state index contributed by atoms with van der Waals surface area (Å²) in [6.07, 6.45) is 1.70. The number of pyridine rings is 1. The van der Waals surface area contributed by atoms with E-state index in [4.69, 9.17) is 14.2 Å². The third-order valence-electron chi connectivity index (χ3n) is 4.21. The molecular formula is C20H21NO5. The molecule has 2 aromatic heterocycles. The van der Waals surface area contributed by atoms with Gasteiger partial charge in [0.05, 0.1) is 30.3 Å². The van der Waals surface area contributed by atoms with Gasteiger partial charge in [-0.05, 0) is 37.6 Å². The highest BCUT2D eigenvalue weighted by Gasteiger charge is 2.22. The van der Waals surface area contributed by atoms with E-state index in [9.17, 15) is 9.59 Å². The molecule has 0 aliphatic rings. The Hall–Kier alpha value is -3.02. The molecule has 0 N–H and O–H groups in total. The number of benzene rings is 1. The topological polar surface area (TPSA) is 66.2 Å². The Labute approximate surface area is 151 Å². The van der Waals surface area contributed by atoms with E-state index in [0.717, 1.165) is 16.4 Å². The van der Waals surface area contributed by atoms with E-state index in [1.165, 1.54) is 7.11 Å². The second kappa shape index (κ2) is 7.47. The number of carbonyl (C=O) groups is 2. The highest BCUT2D eigenvalue weighted by atomic mass is 16.6. The Morgan fingerprint density at radius 3 is 2.62 bits per heavy atom. The molecule has 0 bridgehead atoms. The number of methoxy groups -OCH3 is 1. The maximum absolute atomic E-state index is 12.4. The van der Waals surface area contributed by atoms with Gasteiger partial charge in [0.1, 0.15) is 5.75 Å². The summed E-state index contributed by atoms with van der Waals surface area (Å²) in [4.78, 5) is 24.2. The van der Waals surface area contributed by atoms with E-state index in [2.05, 4.69) is 0 Å². The van der Waals surface area contributed by atoms with Crippen molar-refractivity contribution >= 4 is 28.4 Å². The first-order valence-electron chi connectivity index (χ1n) is 8.55. The molecule has 1 atom stereocenters. The van der Waals surface area contributed by atoms with Gasteiger partial charge in [0.15, 0.2) is 6.10 Å². The Kier molecular flexibility index (Phi) is 5.11. The van der Waals surface area contributed by atoms with Gasteiger partial charge < -0.3 is 18.6 Å². The molecule has 1 aromatic carbocycles. The number of ether oxygens (including phenoxy) is 3. The van der Waals surface area contributed by atoms with E-state index in [1.54, 1.807) is 13.0 Å². The quantitative estimate of drug-likeness (QED) is 0.632. The molecule has 0 saturated heterocycles. The minimum atomic E-state index is -0.673. The minimum absolute atomic E-state index is 0.309. The molecule has 3 aromatic rings. The summed E-state index contributed by atoms with van der Waals surface area (Å²) in [6, 6.07) is 11.0. The van der Waals surface area contributed by atoms with Crippen LogP contribution in [0.4, 0.5) is 0 Å². The summed E-state index contributed by atoms with van der Waals surface area (Å²) in [5.41, 5.74) is 2.09. The van der Waals surface area contributed by atoms with Crippen LogP contribution in [-0.4, -0.2) is 36.2 Å². The second-order valence-corrected chi connectivity index (χ2v) is 5.77. The molecule has 6 heteroatoms. The lowest BCUT2D eigenvalue weighted by Gasteiger charge is -2.15. The van der Waals surface area contributed by atoms with E-state index in [1.807, 2.05) is 47.9 Å². The van der Waals surface area contributed by atoms with Crippen LogP contribution in [0.15, 0.2) is 42.6 Å². The van der Waals surface area contributed by atoms with Crippen LogP contribution in [0.3, 0.4) is 0 Å². The zero-order valence-electron chi connectivity index (χ0n) is 15.0. The molecule has 0 radical (unpaired) electrons. The number of hydrogen-bond donors (Lipinski definition) is 0.